The highest BCUT2D eigenvalue weighted by Crippen LogP contribution is 2.35. The van der Waals surface area contributed by atoms with Crippen LogP contribution in [0, 0.1) is 0 Å². The zero-order valence-electron chi connectivity index (χ0n) is 21.6. The van der Waals surface area contributed by atoms with Crippen molar-refractivity contribution >= 4 is 17.5 Å². The maximum absolute atomic E-state index is 13.7. The van der Waals surface area contributed by atoms with Crippen LogP contribution in [0.5, 0.6) is 17.2 Å². The molecule has 1 atom stereocenters. The fraction of sp³-hybridized carbons (Fsp3) is 0.444. The molecule has 1 aromatic heterocycles. The Labute approximate surface area is 221 Å². The lowest BCUT2D eigenvalue weighted by Crippen LogP contribution is -2.51. The van der Waals surface area contributed by atoms with Crippen molar-refractivity contribution in [3.63, 3.8) is 0 Å². The number of nitrogens with zero attached hydrogens (tertiary/aromatic N) is 5. The van der Waals surface area contributed by atoms with Crippen LogP contribution < -0.4 is 24.4 Å². The molecule has 1 aliphatic heterocycles. The predicted octanol–water partition coefficient (Wildman–Crippen LogP) is 2.99. The summed E-state index contributed by atoms with van der Waals surface area (Å²) in [6, 6.07) is 11.8. The van der Waals surface area contributed by atoms with Crippen LogP contribution in [0.2, 0.25) is 0 Å². The molecule has 11 heteroatoms. The van der Waals surface area contributed by atoms with Gasteiger partial charge in [0.25, 0.3) is 5.91 Å². The van der Waals surface area contributed by atoms with Crippen molar-refractivity contribution in [2.45, 2.75) is 57.7 Å². The number of anilines is 1. The van der Waals surface area contributed by atoms with E-state index in [2.05, 4.69) is 20.7 Å². The lowest BCUT2D eigenvalue weighted by atomic mass is 9.95. The van der Waals surface area contributed by atoms with Gasteiger partial charge in [0, 0.05) is 23.4 Å². The Hall–Kier alpha value is -4.15. The molecular formula is C27H32N6O5. The molecule has 2 aromatic carbocycles. The van der Waals surface area contributed by atoms with Crippen molar-refractivity contribution in [1.82, 2.24) is 25.5 Å². The van der Waals surface area contributed by atoms with Crippen LogP contribution in [0.15, 0.2) is 42.5 Å². The molecule has 1 N–H and O–H groups in total. The van der Waals surface area contributed by atoms with E-state index in [4.69, 9.17) is 14.2 Å². The normalized spacial score (nSPS) is 15.9. The van der Waals surface area contributed by atoms with Crippen LogP contribution >= 0.6 is 0 Å². The number of fused-ring (bicyclic) bond motifs is 1. The van der Waals surface area contributed by atoms with Gasteiger partial charge in [-0.25, -0.2) is 0 Å². The number of tetrazole rings is 1. The summed E-state index contributed by atoms with van der Waals surface area (Å²) in [5.74, 6) is 1.68. The first-order valence-electron chi connectivity index (χ1n) is 13.0. The van der Waals surface area contributed by atoms with Crippen LogP contribution in [-0.4, -0.2) is 64.4 Å². The summed E-state index contributed by atoms with van der Waals surface area (Å²) in [6.45, 7) is 2.41. The molecule has 0 spiro atoms. The third-order valence-corrected chi connectivity index (χ3v) is 6.87. The predicted molar refractivity (Wildman–Crippen MR) is 139 cm³/mol. The number of nitrogens with one attached hydrogen (secondary N) is 1. The zero-order chi connectivity index (χ0) is 26.5. The van der Waals surface area contributed by atoms with Gasteiger partial charge in [-0.05, 0) is 61.4 Å². The van der Waals surface area contributed by atoms with Crippen molar-refractivity contribution in [3.8, 4) is 28.6 Å². The number of aromatic nitrogens is 4. The Morgan fingerprint density at radius 3 is 2.55 bits per heavy atom. The lowest BCUT2D eigenvalue weighted by molar-refractivity contribution is -0.127. The van der Waals surface area contributed by atoms with E-state index in [1.807, 2.05) is 12.1 Å². The smallest absolute Gasteiger partial charge is 0.251 e. The molecule has 0 bridgehead atoms. The number of methoxy groups -OCH3 is 1. The Morgan fingerprint density at radius 2 is 1.82 bits per heavy atom. The van der Waals surface area contributed by atoms with Gasteiger partial charge in [0.2, 0.25) is 11.7 Å². The van der Waals surface area contributed by atoms with Gasteiger partial charge in [0.1, 0.15) is 31.5 Å². The van der Waals surface area contributed by atoms with Gasteiger partial charge in [0.05, 0.1) is 7.11 Å². The summed E-state index contributed by atoms with van der Waals surface area (Å²) in [6.07, 6.45) is 5.28. The number of carbonyl (C=O) groups excluding carboxylic acids is 2. The Kier molecular flexibility index (Phi) is 7.71. The second-order valence-electron chi connectivity index (χ2n) is 9.48. The first-order valence-corrected chi connectivity index (χ1v) is 13.0. The first kappa shape index (κ1) is 25.5. The van der Waals surface area contributed by atoms with Crippen molar-refractivity contribution in [3.05, 3.63) is 42.5 Å². The average molecular weight is 521 g/mol. The van der Waals surface area contributed by atoms with E-state index in [1.54, 1.807) is 44.4 Å². The molecule has 5 rings (SSSR count). The summed E-state index contributed by atoms with van der Waals surface area (Å²) < 4.78 is 16.6. The van der Waals surface area contributed by atoms with Gasteiger partial charge in [-0.2, -0.15) is 4.80 Å². The molecule has 0 radical (unpaired) electrons. The van der Waals surface area contributed by atoms with Gasteiger partial charge < -0.3 is 19.5 Å². The van der Waals surface area contributed by atoms with Crippen molar-refractivity contribution in [1.29, 1.82) is 0 Å². The van der Waals surface area contributed by atoms with Crippen LogP contribution in [0.25, 0.3) is 11.4 Å². The Bertz CT molecular complexity index is 1270. The molecule has 0 unspecified atom stereocenters. The summed E-state index contributed by atoms with van der Waals surface area (Å²) in [5.41, 5.74) is 1.27. The van der Waals surface area contributed by atoms with E-state index in [0.717, 1.165) is 31.2 Å². The summed E-state index contributed by atoms with van der Waals surface area (Å²) in [4.78, 5) is 29.7. The number of amides is 2. The van der Waals surface area contributed by atoms with E-state index in [9.17, 15) is 9.59 Å². The molecule has 38 heavy (non-hydrogen) atoms. The topological polar surface area (TPSA) is 121 Å². The zero-order valence-corrected chi connectivity index (χ0v) is 21.6. The molecule has 1 fully saturated rings. The van der Waals surface area contributed by atoms with Crippen molar-refractivity contribution < 1.29 is 23.8 Å². The van der Waals surface area contributed by atoms with Crippen LogP contribution in [0.4, 0.5) is 5.69 Å². The van der Waals surface area contributed by atoms with Crippen LogP contribution in [0.1, 0.15) is 39.0 Å². The van der Waals surface area contributed by atoms with Crippen LogP contribution in [-0.2, 0) is 16.1 Å². The molecule has 0 saturated heterocycles. The van der Waals surface area contributed by atoms with E-state index in [-0.39, 0.29) is 24.4 Å². The molecule has 2 heterocycles. The minimum absolute atomic E-state index is 0.125. The summed E-state index contributed by atoms with van der Waals surface area (Å²) in [7, 11) is 1.60. The summed E-state index contributed by atoms with van der Waals surface area (Å²) in [5, 5.41) is 15.7. The fourth-order valence-electron chi connectivity index (χ4n) is 4.81. The molecule has 11 nitrogen and oxygen atoms in total. The van der Waals surface area contributed by atoms with E-state index >= 15 is 0 Å². The van der Waals surface area contributed by atoms with Crippen LogP contribution in [0.3, 0.4) is 0 Å². The first-order chi connectivity index (χ1) is 18.5. The molecule has 2 amide bonds. The minimum atomic E-state index is -0.767. The largest absolute Gasteiger partial charge is 0.497 e. The fourth-order valence-corrected chi connectivity index (χ4v) is 4.81. The number of rotatable bonds is 8. The van der Waals surface area contributed by atoms with E-state index in [0.29, 0.717) is 42.0 Å². The monoisotopic (exact) mass is 520 g/mol. The van der Waals surface area contributed by atoms with E-state index < -0.39 is 6.04 Å². The third kappa shape index (κ3) is 5.71. The number of hydrogen-bond donors (Lipinski definition) is 1. The molecule has 1 aliphatic carbocycles. The number of carbonyl (C=O) groups is 2. The molecule has 2 aliphatic rings. The number of ether oxygens (including phenoxy) is 3. The highest BCUT2D eigenvalue weighted by atomic mass is 16.6. The highest BCUT2D eigenvalue weighted by molar-refractivity contribution is 6.00. The highest BCUT2D eigenvalue weighted by Gasteiger charge is 2.31. The quantitative estimate of drug-likeness (QED) is 0.481. The number of benzene rings is 2. The lowest BCUT2D eigenvalue weighted by Gasteiger charge is -2.31. The van der Waals surface area contributed by atoms with Gasteiger partial charge in [0.15, 0.2) is 11.5 Å². The molecular weight excluding hydrogens is 488 g/mol. The van der Waals surface area contributed by atoms with E-state index in [1.165, 1.54) is 16.1 Å². The van der Waals surface area contributed by atoms with Crippen molar-refractivity contribution in [2.75, 3.05) is 25.2 Å². The Balaban J connectivity index is 1.37. The second kappa shape index (κ2) is 11.5. The minimum Gasteiger partial charge on any atom is -0.497 e. The Morgan fingerprint density at radius 1 is 1.08 bits per heavy atom. The third-order valence-electron chi connectivity index (χ3n) is 6.87. The van der Waals surface area contributed by atoms with Gasteiger partial charge in [-0.3, -0.25) is 14.5 Å². The SMILES string of the molecule is COc1ccc(-c2nnn(CC(=O)N(c3ccc4c(c3)OCCO4)[C@H](C)C(=O)NC3CCCCC3)n2)cc1. The van der Waals surface area contributed by atoms with Gasteiger partial charge in [-0.15, -0.1) is 10.2 Å². The number of hydrogen-bond acceptors (Lipinski definition) is 8. The standard InChI is InChI=1S/C27H32N6O5/c1-18(27(35)28-20-6-4-3-5-7-20)33(21-10-13-23-24(16-21)38-15-14-37-23)25(34)17-32-30-26(29-31-32)19-8-11-22(36-2)12-9-19/h8-13,16,18,20H,3-7,14-15,17H2,1-2H3,(H,28,35)/t18-/m1/s1. The molecule has 200 valence electrons. The second-order valence-corrected chi connectivity index (χ2v) is 9.48. The van der Waals surface area contributed by atoms with Gasteiger partial charge >= 0.3 is 0 Å². The van der Waals surface area contributed by atoms with Gasteiger partial charge in [-0.1, -0.05) is 19.3 Å². The maximum Gasteiger partial charge on any atom is 0.251 e. The van der Waals surface area contributed by atoms with Crippen molar-refractivity contribution in [2.24, 2.45) is 0 Å². The maximum atomic E-state index is 13.7. The average Bonchev–Trinajstić information content (AvgIpc) is 3.42. The summed E-state index contributed by atoms with van der Waals surface area (Å²) >= 11 is 0. The molecule has 1 saturated carbocycles. The molecule has 3 aromatic rings.